The molecule has 1 aliphatic rings. The molecule has 1 aliphatic heterocycles. The van der Waals surface area contributed by atoms with Gasteiger partial charge in [-0.15, -0.1) is 0 Å². The monoisotopic (exact) mass is 210 g/mol. The summed E-state index contributed by atoms with van der Waals surface area (Å²) in [6, 6.07) is 8.18. The average Bonchev–Trinajstić information content (AvgIpc) is 2.85. The van der Waals surface area contributed by atoms with Crippen LogP contribution in [0, 0.1) is 0 Å². The highest BCUT2D eigenvalue weighted by Gasteiger charge is 2.08. The summed E-state index contributed by atoms with van der Waals surface area (Å²) in [5, 5.41) is 0. The summed E-state index contributed by atoms with van der Waals surface area (Å²) in [5.41, 5.74) is 1.34. The lowest BCUT2D eigenvalue weighted by Crippen LogP contribution is -1.85. The second kappa shape index (κ2) is 13.0. The Morgan fingerprint density at radius 1 is 0.867 bits per heavy atom. The predicted octanol–water partition coefficient (Wildman–Crippen LogP) is 4.70. The van der Waals surface area contributed by atoms with Gasteiger partial charge in [-0.1, -0.05) is 59.7 Å². The van der Waals surface area contributed by atoms with E-state index in [0.717, 1.165) is 18.8 Å². The maximum Gasteiger partial charge on any atom is 0.122 e. The summed E-state index contributed by atoms with van der Waals surface area (Å²) in [4.78, 5) is 0. The van der Waals surface area contributed by atoms with Gasteiger partial charge >= 0.3 is 0 Å². The van der Waals surface area contributed by atoms with E-state index in [1.165, 1.54) is 5.56 Å². The van der Waals surface area contributed by atoms with Gasteiger partial charge in [0.2, 0.25) is 0 Å². The number of hydrogen-bond acceptors (Lipinski definition) is 1. The maximum atomic E-state index is 5.30. The van der Waals surface area contributed by atoms with Crippen LogP contribution in [-0.2, 0) is 6.42 Å². The summed E-state index contributed by atoms with van der Waals surface area (Å²) in [5.74, 6) is 1.07. The molecule has 1 aromatic carbocycles. The fraction of sp³-hybridized carbons (Fsp3) is 0.571. The number of ether oxygens (including phenoxy) is 1. The van der Waals surface area contributed by atoms with Gasteiger partial charge in [0.25, 0.3) is 0 Å². The fourth-order valence-electron chi connectivity index (χ4n) is 1.12. The van der Waals surface area contributed by atoms with E-state index in [1.807, 2.05) is 59.7 Å². The van der Waals surface area contributed by atoms with E-state index in [0.29, 0.717) is 0 Å². The molecule has 0 saturated heterocycles. The molecule has 1 aromatic rings. The Morgan fingerprint density at radius 3 is 1.93 bits per heavy atom. The molecule has 0 amide bonds. The van der Waals surface area contributed by atoms with E-state index in [-0.39, 0.29) is 0 Å². The molecule has 2 rings (SSSR count). The van der Waals surface area contributed by atoms with Crippen molar-refractivity contribution >= 4 is 0 Å². The Bertz CT molecular complexity index is 195. The van der Waals surface area contributed by atoms with Gasteiger partial charge in [0.1, 0.15) is 5.75 Å². The van der Waals surface area contributed by atoms with Crippen LogP contribution in [0.15, 0.2) is 24.3 Å². The van der Waals surface area contributed by atoms with E-state index in [1.54, 1.807) is 0 Å². The molecule has 15 heavy (non-hydrogen) atoms. The zero-order valence-corrected chi connectivity index (χ0v) is 11.1. The van der Waals surface area contributed by atoms with Crippen LogP contribution in [0.2, 0.25) is 0 Å². The molecule has 0 fully saturated rings. The zero-order valence-electron chi connectivity index (χ0n) is 11.1. The van der Waals surface area contributed by atoms with Crippen molar-refractivity contribution in [3.05, 3.63) is 29.8 Å². The van der Waals surface area contributed by atoms with Crippen LogP contribution < -0.4 is 4.74 Å². The summed E-state index contributed by atoms with van der Waals surface area (Å²) < 4.78 is 5.30. The number of hydrogen-bond donors (Lipinski definition) is 0. The first-order valence-corrected chi connectivity index (χ1v) is 6.17. The van der Waals surface area contributed by atoms with Crippen LogP contribution in [0.1, 0.15) is 47.1 Å². The van der Waals surface area contributed by atoms with Crippen molar-refractivity contribution in [2.45, 2.75) is 48.0 Å². The van der Waals surface area contributed by atoms with Crippen molar-refractivity contribution in [3.8, 4) is 5.75 Å². The molecular formula is C14H26O. The van der Waals surface area contributed by atoms with Crippen LogP contribution in [0.4, 0.5) is 0 Å². The van der Waals surface area contributed by atoms with Gasteiger partial charge in [-0.05, 0) is 11.6 Å². The molecule has 0 spiro atoms. The third-order valence-electron chi connectivity index (χ3n) is 1.60. The Morgan fingerprint density at radius 2 is 1.40 bits per heavy atom. The van der Waals surface area contributed by atoms with E-state index in [2.05, 4.69) is 6.07 Å². The third-order valence-corrected chi connectivity index (χ3v) is 1.60. The summed E-state index contributed by atoms with van der Waals surface area (Å²) in [6.07, 6.45) is 1.08. The molecule has 0 bridgehead atoms. The van der Waals surface area contributed by atoms with E-state index in [9.17, 15) is 0 Å². The number of rotatable bonds is 0. The second-order valence-electron chi connectivity index (χ2n) is 2.21. The SMILES string of the molecule is CC.CC.CC.c1ccc2c(c1)CCO2. The van der Waals surface area contributed by atoms with Crippen LogP contribution in [-0.4, -0.2) is 6.61 Å². The quantitative estimate of drug-likeness (QED) is 0.603. The smallest absolute Gasteiger partial charge is 0.122 e. The highest BCUT2D eigenvalue weighted by molar-refractivity contribution is 5.35. The van der Waals surface area contributed by atoms with Gasteiger partial charge in [0, 0.05) is 6.42 Å². The van der Waals surface area contributed by atoms with Gasteiger partial charge in [-0.25, -0.2) is 0 Å². The molecule has 1 nitrogen and oxygen atoms in total. The molecule has 88 valence electrons. The lowest BCUT2D eigenvalue weighted by atomic mass is 10.2. The van der Waals surface area contributed by atoms with Gasteiger partial charge in [-0.2, -0.15) is 0 Å². The molecular weight excluding hydrogens is 184 g/mol. The van der Waals surface area contributed by atoms with Crippen molar-refractivity contribution in [1.29, 1.82) is 0 Å². The fourth-order valence-corrected chi connectivity index (χ4v) is 1.12. The molecule has 0 saturated carbocycles. The Hall–Kier alpha value is -0.980. The van der Waals surface area contributed by atoms with Crippen molar-refractivity contribution in [3.63, 3.8) is 0 Å². The first-order valence-electron chi connectivity index (χ1n) is 6.17. The van der Waals surface area contributed by atoms with Crippen LogP contribution in [0.5, 0.6) is 5.75 Å². The van der Waals surface area contributed by atoms with Gasteiger partial charge in [0.15, 0.2) is 0 Å². The minimum atomic E-state index is 0.860. The van der Waals surface area contributed by atoms with Crippen molar-refractivity contribution in [2.24, 2.45) is 0 Å². The predicted molar refractivity (Wildman–Crippen MR) is 69.7 cm³/mol. The molecule has 0 N–H and O–H groups in total. The second-order valence-corrected chi connectivity index (χ2v) is 2.21. The Kier molecular flexibility index (Phi) is 14.3. The van der Waals surface area contributed by atoms with Crippen LogP contribution >= 0.6 is 0 Å². The minimum Gasteiger partial charge on any atom is -0.493 e. The standard InChI is InChI=1S/C8H8O.3C2H6/c1-2-4-8-7(3-1)5-6-9-8;3*1-2/h1-4H,5-6H2;3*1-2H3. The minimum absolute atomic E-state index is 0.860. The summed E-state index contributed by atoms with van der Waals surface area (Å²) >= 11 is 0. The highest BCUT2D eigenvalue weighted by atomic mass is 16.5. The van der Waals surface area contributed by atoms with E-state index >= 15 is 0 Å². The molecule has 1 heteroatoms. The molecule has 0 atom stereocenters. The zero-order chi connectivity index (χ0) is 12.1. The molecule has 0 radical (unpaired) electrons. The molecule has 0 aromatic heterocycles. The number of benzene rings is 1. The molecule has 0 aliphatic carbocycles. The molecule has 1 heterocycles. The summed E-state index contributed by atoms with van der Waals surface area (Å²) in [6.45, 7) is 12.9. The van der Waals surface area contributed by atoms with Crippen molar-refractivity contribution < 1.29 is 4.74 Å². The third kappa shape index (κ3) is 6.16. The summed E-state index contributed by atoms with van der Waals surface area (Å²) in [7, 11) is 0. The average molecular weight is 210 g/mol. The topological polar surface area (TPSA) is 9.23 Å². The van der Waals surface area contributed by atoms with E-state index in [4.69, 9.17) is 4.74 Å². The van der Waals surface area contributed by atoms with Crippen molar-refractivity contribution in [1.82, 2.24) is 0 Å². The number of para-hydroxylation sites is 1. The van der Waals surface area contributed by atoms with Crippen molar-refractivity contribution in [2.75, 3.05) is 6.61 Å². The lowest BCUT2D eigenvalue weighted by molar-refractivity contribution is 0.357. The highest BCUT2D eigenvalue weighted by Crippen LogP contribution is 2.23. The first kappa shape index (κ1) is 16.4. The first-order chi connectivity index (χ1) is 7.47. The van der Waals surface area contributed by atoms with Gasteiger partial charge in [0.05, 0.1) is 6.61 Å². The van der Waals surface area contributed by atoms with Gasteiger partial charge < -0.3 is 4.74 Å². The maximum absolute atomic E-state index is 5.30. The van der Waals surface area contributed by atoms with Gasteiger partial charge in [-0.3, -0.25) is 0 Å². The van der Waals surface area contributed by atoms with Crippen LogP contribution in [0.25, 0.3) is 0 Å². The Balaban J connectivity index is 0. The lowest BCUT2D eigenvalue weighted by Gasteiger charge is -1.93. The normalized spacial score (nSPS) is 10.0. The van der Waals surface area contributed by atoms with Crippen LogP contribution in [0.3, 0.4) is 0 Å². The largest absolute Gasteiger partial charge is 0.493 e. The Labute approximate surface area is 95.5 Å². The van der Waals surface area contributed by atoms with E-state index < -0.39 is 0 Å². The molecule has 0 unspecified atom stereocenters. The number of fused-ring (bicyclic) bond motifs is 1.